The second kappa shape index (κ2) is 11.8. The molecule has 4 nitrogen and oxygen atoms in total. The number of rotatable bonds is 5. The molecule has 6 aromatic rings. The van der Waals surface area contributed by atoms with Crippen LogP contribution in [0, 0.1) is 24.3 Å². The van der Waals surface area contributed by atoms with Crippen LogP contribution < -0.4 is 0 Å². The van der Waals surface area contributed by atoms with E-state index in [2.05, 4.69) is 65.5 Å². The molecule has 258 valence electrons. The fraction of sp³-hybridized carbons (Fsp3) is 0.306. The van der Waals surface area contributed by atoms with Crippen molar-refractivity contribution in [1.29, 1.82) is 0 Å². The Hall–Kier alpha value is -5.40. The Labute approximate surface area is 312 Å². The third-order valence-electron chi connectivity index (χ3n) is 13.9. The summed E-state index contributed by atoms with van der Waals surface area (Å²) < 4.78 is 0. The first kappa shape index (κ1) is 31.2. The molecule has 0 unspecified atom stereocenters. The molecule has 4 heteroatoms. The normalized spacial score (nSPS) is 24.2. The lowest BCUT2D eigenvalue weighted by Gasteiger charge is -2.57. The number of hydrogen-bond acceptors (Lipinski definition) is 3. The monoisotopic (exact) mass is 686 g/mol. The molecule has 5 fully saturated rings. The van der Waals surface area contributed by atoms with E-state index >= 15 is 0 Å². The lowest BCUT2D eigenvalue weighted by atomic mass is 9.48. The van der Waals surface area contributed by atoms with Crippen molar-refractivity contribution in [1.82, 2.24) is 15.0 Å². The minimum atomic E-state index is 0.00351. The summed E-state index contributed by atoms with van der Waals surface area (Å²) in [6.07, 6.45) is 13.5. The highest BCUT2D eigenvalue weighted by atomic mass is 15.0. The molecule has 5 saturated carbocycles. The third kappa shape index (κ3) is 4.97. The van der Waals surface area contributed by atoms with Gasteiger partial charge in [0.2, 0.25) is 0 Å². The van der Waals surface area contributed by atoms with E-state index in [1.54, 1.807) is 5.56 Å². The van der Waals surface area contributed by atoms with Crippen LogP contribution in [0.2, 0.25) is 0 Å². The zero-order chi connectivity index (χ0) is 35.1. The Kier molecular flexibility index (Phi) is 6.94. The van der Waals surface area contributed by atoms with Gasteiger partial charge in [0, 0.05) is 22.1 Å². The van der Waals surface area contributed by atoms with E-state index in [4.69, 9.17) is 21.5 Å². The molecule has 0 atom stereocenters. The van der Waals surface area contributed by atoms with Gasteiger partial charge < -0.3 is 0 Å². The van der Waals surface area contributed by atoms with Gasteiger partial charge in [-0.15, -0.1) is 0 Å². The van der Waals surface area contributed by atoms with Crippen LogP contribution in [0.25, 0.3) is 61.3 Å². The molecular formula is C49H42N4. The average molecular weight is 687 g/mol. The number of aromatic nitrogens is 3. The first-order valence-corrected chi connectivity index (χ1v) is 19.8. The number of nitrogens with zero attached hydrogens (tertiary/aromatic N) is 4. The average Bonchev–Trinajstić information content (AvgIpc) is 3.81. The number of hydrogen-bond donors (Lipinski definition) is 0. The van der Waals surface area contributed by atoms with Crippen molar-refractivity contribution < 1.29 is 0 Å². The summed E-state index contributed by atoms with van der Waals surface area (Å²) in [7, 11) is 0. The summed E-state index contributed by atoms with van der Waals surface area (Å²) >= 11 is 0. The maximum absolute atomic E-state index is 7.40. The Bertz CT molecular complexity index is 2400. The maximum Gasteiger partial charge on any atom is 0.187 e. The predicted molar refractivity (Wildman–Crippen MR) is 212 cm³/mol. The summed E-state index contributed by atoms with van der Waals surface area (Å²) in [6.45, 7) is 7.40. The predicted octanol–water partition coefficient (Wildman–Crippen LogP) is 12.4. The standard InChI is InChI=1S/C49H42N4/c1-50-40-17-11-36(12-18-40)46-51-45(35-7-3-2-4-8-35)52-47(53-46)38-14-20-42-41-19-13-37(26-43(41)49(44(42)27-38)21-5-6-22-49)34-9-15-39(16-10-34)48-28-31-23-32(29-48)25-33(24-31)30-48/h2-4,7-20,26-27,31-33H,5-6,21-25,28-30H2. The van der Waals surface area contributed by atoms with E-state index in [0.29, 0.717) is 28.6 Å². The van der Waals surface area contributed by atoms with Crippen LogP contribution in [0.3, 0.4) is 0 Å². The largest absolute Gasteiger partial charge is 0.238 e. The van der Waals surface area contributed by atoms with Crippen molar-refractivity contribution >= 4 is 5.69 Å². The van der Waals surface area contributed by atoms with Gasteiger partial charge in [-0.1, -0.05) is 116 Å². The van der Waals surface area contributed by atoms with E-state index in [-0.39, 0.29) is 5.41 Å². The molecule has 1 heterocycles. The molecule has 53 heavy (non-hydrogen) atoms. The second-order valence-electron chi connectivity index (χ2n) is 16.9. The van der Waals surface area contributed by atoms with Gasteiger partial charge in [0.05, 0.1) is 6.57 Å². The van der Waals surface area contributed by atoms with Gasteiger partial charge in [-0.3, -0.25) is 0 Å². The Balaban J connectivity index is 0.967. The molecule has 12 rings (SSSR count). The van der Waals surface area contributed by atoms with Crippen molar-refractivity contribution in [2.24, 2.45) is 17.8 Å². The van der Waals surface area contributed by atoms with E-state index < -0.39 is 0 Å². The van der Waals surface area contributed by atoms with Gasteiger partial charge in [0.15, 0.2) is 23.2 Å². The van der Waals surface area contributed by atoms with Gasteiger partial charge in [0.25, 0.3) is 0 Å². The van der Waals surface area contributed by atoms with E-state index in [9.17, 15) is 0 Å². The van der Waals surface area contributed by atoms with Crippen LogP contribution in [0.5, 0.6) is 0 Å². The molecule has 1 spiro atoms. The summed E-state index contributed by atoms with van der Waals surface area (Å²) in [4.78, 5) is 18.6. The molecule has 1 aromatic heterocycles. The van der Waals surface area contributed by atoms with Gasteiger partial charge in [-0.25, -0.2) is 19.8 Å². The van der Waals surface area contributed by atoms with Crippen LogP contribution in [0.15, 0.2) is 115 Å². The van der Waals surface area contributed by atoms with Gasteiger partial charge in [-0.2, -0.15) is 0 Å². The van der Waals surface area contributed by atoms with Crippen LogP contribution in [-0.4, -0.2) is 15.0 Å². The first-order chi connectivity index (χ1) is 26.1. The van der Waals surface area contributed by atoms with Gasteiger partial charge in [-0.05, 0) is 126 Å². The molecule has 0 aliphatic heterocycles. The SMILES string of the molecule is [C-]#[N+]c1ccc(-c2nc(-c3ccccc3)nc(-c3ccc4c(c3)C3(CCCC3)c3cc(-c5ccc(C67CC8CC(CC(C8)C6)C7)cc5)ccc3-4)n2)cc1. The molecule has 4 bridgehead atoms. The highest BCUT2D eigenvalue weighted by Gasteiger charge is 2.51. The maximum atomic E-state index is 7.40. The van der Waals surface area contributed by atoms with Gasteiger partial charge >= 0.3 is 0 Å². The van der Waals surface area contributed by atoms with E-state index in [1.165, 1.54) is 84.7 Å². The van der Waals surface area contributed by atoms with Crippen molar-refractivity contribution in [3.63, 3.8) is 0 Å². The van der Waals surface area contributed by atoms with Crippen LogP contribution in [0.4, 0.5) is 5.69 Å². The lowest BCUT2D eigenvalue weighted by Crippen LogP contribution is -2.48. The molecule has 6 aliphatic carbocycles. The fourth-order valence-electron chi connectivity index (χ4n) is 11.8. The van der Waals surface area contributed by atoms with Crippen LogP contribution in [-0.2, 0) is 10.8 Å². The quantitative estimate of drug-likeness (QED) is 0.170. The zero-order valence-corrected chi connectivity index (χ0v) is 30.1. The van der Waals surface area contributed by atoms with E-state index in [1.807, 2.05) is 54.6 Å². The molecule has 0 amide bonds. The highest BCUT2D eigenvalue weighted by molar-refractivity contribution is 5.86. The smallest absolute Gasteiger partial charge is 0.187 e. The van der Waals surface area contributed by atoms with Crippen molar-refractivity contribution in [3.05, 3.63) is 143 Å². The minimum Gasteiger partial charge on any atom is -0.238 e. The minimum absolute atomic E-state index is 0.00351. The molecular weight excluding hydrogens is 645 g/mol. The summed E-state index contributed by atoms with van der Waals surface area (Å²) in [5, 5.41) is 0. The Morgan fingerprint density at radius 1 is 0.509 bits per heavy atom. The summed E-state index contributed by atoms with van der Waals surface area (Å²) in [5.41, 5.74) is 13.8. The zero-order valence-electron chi connectivity index (χ0n) is 30.1. The van der Waals surface area contributed by atoms with Crippen molar-refractivity contribution in [2.75, 3.05) is 0 Å². The van der Waals surface area contributed by atoms with Crippen molar-refractivity contribution in [2.45, 2.75) is 75.0 Å². The lowest BCUT2D eigenvalue weighted by molar-refractivity contribution is -0.00518. The molecule has 0 N–H and O–H groups in total. The van der Waals surface area contributed by atoms with Crippen molar-refractivity contribution in [3.8, 4) is 56.4 Å². The van der Waals surface area contributed by atoms with Gasteiger partial charge in [0.1, 0.15) is 0 Å². The molecule has 0 saturated heterocycles. The summed E-state index contributed by atoms with van der Waals surface area (Å²) in [6, 6.07) is 41.7. The topological polar surface area (TPSA) is 43.0 Å². The van der Waals surface area contributed by atoms with E-state index in [0.717, 1.165) is 47.3 Å². The summed E-state index contributed by atoms with van der Waals surface area (Å²) in [5.74, 6) is 4.83. The second-order valence-corrected chi connectivity index (χ2v) is 16.9. The van der Waals surface area contributed by atoms with Crippen LogP contribution in [0.1, 0.15) is 80.9 Å². The van der Waals surface area contributed by atoms with Crippen LogP contribution >= 0.6 is 0 Å². The molecule has 0 radical (unpaired) electrons. The highest BCUT2D eigenvalue weighted by Crippen LogP contribution is 2.61. The Morgan fingerprint density at radius 3 is 1.58 bits per heavy atom. The first-order valence-electron chi connectivity index (χ1n) is 19.8. The Morgan fingerprint density at radius 2 is 1.00 bits per heavy atom. The third-order valence-corrected chi connectivity index (χ3v) is 13.9. The fourth-order valence-corrected chi connectivity index (χ4v) is 11.8. The molecule has 6 aliphatic rings. The number of fused-ring (bicyclic) bond motifs is 5. The number of benzene rings is 5. The molecule has 5 aromatic carbocycles.